The Morgan fingerprint density at radius 3 is 2.77 bits per heavy atom. The number of hydrogen-bond donors (Lipinski definition) is 2. The van der Waals surface area contributed by atoms with Crippen LogP contribution >= 0.6 is 11.6 Å². The Labute approximate surface area is 178 Å². The number of nitrogens with two attached hydrogens (primary N) is 1. The highest BCUT2D eigenvalue weighted by molar-refractivity contribution is 7.91. The summed E-state index contributed by atoms with van der Waals surface area (Å²) in [6, 6.07) is 7.09. The third-order valence-electron chi connectivity index (χ3n) is 4.69. The molecule has 0 unspecified atom stereocenters. The van der Waals surface area contributed by atoms with Gasteiger partial charge in [0.15, 0.2) is 5.69 Å². The number of nitrogen functional groups attached to an aromatic ring is 1. The summed E-state index contributed by atoms with van der Waals surface area (Å²) in [5.74, 6) is -3.06. The Morgan fingerprint density at radius 1 is 1.40 bits per heavy atom. The number of aromatic nitrogens is 2. The van der Waals surface area contributed by atoms with Gasteiger partial charge in [-0.15, -0.1) is 0 Å². The van der Waals surface area contributed by atoms with Crippen LogP contribution in [-0.4, -0.2) is 51.9 Å². The molecule has 1 aromatic carbocycles. The van der Waals surface area contributed by atoms with Crippen LogP contribution in [0, 0.1) is 0 Å². The van der Waals surface area contributed by atoms with Gasteiger partial charge in [0.1, 0.15) is 6.54 Å². The molecule has 4 N–H and O–H groups in total. The quantitative estimate of drug-likeness (QED) is 0.577. The molecule has 0 spiro atoms. The molecule has 1 aliphatic heterocycles. The molecule has 1 aromatic heterocycles. The van der Waals surface area contributed by atoms with Crippen molar-refractivity contribution in [2.45, 2.75) is 24.0 Å². The van der Waals surface area contributed by atoms with E-state index in [1.165, 1.54) is 12.0 Å². The van der Waals surface area contributed by atoms with E-state index in [4.69, 9.17) is 22.1 Å². The van der Waals surface area contributed by atoms with Crippen LogP contribution in [0.1, 0.15) is 12.0 Å². The molecule has 0 atom stereocenters. The minimum absolute atomic E-state index is 0.0270. The predicted molar refractivity (Wildman–Crippen MR) is 110 cm³/mol. The topological polar surface area (TPSA) is 112 Å². The van der Waals surface area contributed by atoms with Crippen LogP contribution in [0.25, 0.3) is 0 Å². The summed E-state index contributed by atoms with van der Waals surface area (Å²) < 4.78 is 57.6. The average molecular weight is 463 g/mol. The Hall–Kier alpha value is -2.24. The van der Waals surface area contributed by atoms with Crippen LogP contribution in [0.2, 0.25) is 5.02 Å². The summed E-state index contributed by atoms with van der Waals surface area (Å²) >= 11 is 6.16. The Bertz CT molecular complexity index is 1020. The zero-order valence-electron chi connectivity index (χ0n) is 16.3. The van der Waals surface area contributed by atoms with Crippen molar-refractivity contribution in [3.05, 3.63) is 34.9 Å². The standard InChI is InChI=1S/C18H22ClF2N5O3S/c1-29-8-9-30(27,28)17-24-15(23-10-12-4-2-3-5-13(12)19)14(22)16(25-17)26-7-6-18(20,21)11-26/h2-5H,6-11,22H2,1H3,(H,23,24,25)/p+1. The fourth-order valence-electron chi connectivity index (χ4n) is 3.04. The number of hydrogen-bond acceptors (Lipinski definition) is 7. The van der Waals surface area contributed by atoms with E-state index in [0.29, 0.717) is 5.02 Å². The molecule has 8 nitrogen and oxygen atoms in total. The van der Waals surface area contributed by atoms with E-state index in [9.17, 15) is 17.2 Å². The molecule has 1 saturated heterocycles. The highest BCUT2D eigenvalue weighted by atomic mass is 35.5. The van der Waals surface area contributed by atoms with Gasteiger partial charge in [-0.2, -0.15) is 0 Å². The number of aromatic amines is 1. The molecule has 12 heteroatoms. The highest BCUT2D eigenvalue weighted by Crippen LogP contribution is 2.34. The average Bonchev–Trinajstić information content (AvgIpc) is 3.06. The molecule has 30 heavy (non-hydrogen) atoms. The van der Waals surface area contributed by atoms with Crippen molar-refractivity contribution in [2.75, 3.05) is 48.5 Å². The molecule has 0 aliphatic carbocycles. The number of H-pyrrole nitrogens is 1. The van der Waals surface area contributed by atoms with Gasteiger partial charge in [-0.25, -0.2) is 22.2 Å². The molecule has 164 valence electrons. The first kappa shape index (κ1) is 22.4. The fraction of sp³-hybridized carbons (Fsp3) is 0.444. The van der Waals surface area contributed by atoms with E-state index in [0.717, 1.165) is 5.56 Å². The van der Waals surface area contributed by atoms with Gasteiger partial charge in [-0.1, -0.05) is 34.8 Å². The van der Waals surface area contributed by atoms with Crippen molar-refractivity contribution in [3.8, 4) is 0 Å². The minimum Gasteiger partial charge on any atom is -0.389 e. The van der Waals surface area contributed by atoms with E-state index >= 15 is 0 Å². The van der Waals surface area contributed by atoms with E-state index in [1.54, 1.807) is 24.3 Å². The van der Waals surface area contributed by atoms with Crippen LogP contribution < -0.4 is 20.9 Å². The lowest BCUT2D eigenvalue weighted by atomic mass is 10.2. The first-order valence-corrected chi connectivity index (χ1v) is 11.2. The molecular formula is C18H23ClF2N5O3S+. The van der Waals surface area contributed by atoms with Gasteiger partial charge in [-0.05, 0) is 11.6 Å². The van der Waals surface area contributed by atoms with Crippen molar-refractivity contribution < 1.29 is 26.9 Å². The van der Waals surface area contributed by atoms with Gasteiger partial charge in [0, 0.05) is 25.1 Å². The molecule has 1 aliphatic rings. The molecule has 2 aromatic rings. The van der Waals surface area contributed by atoms with Gasteiger partial charge in [-0.3, -0.25) is 4.90 Å². The number of sulfone groups is 1. The highest BCUT2D eigenvalue weighted by Gasteiger charge is 2.43. The molecule has 0 amide bonds. The van der Waals surface area contributed by atoms with Gasteiger partial charge in [0.25, 0.3) is 11.7 Å². The number of methoxy groups -OCH3 is 1. The largest absolute Gasteiger partial charge is 0.389 e. The molecule has 3 rings (SSSR count). The molecule has 1 fully saturated rings. The monoisotopic (exact) mass is 462 g/mol. The second-order valence-electron chi connectivity index (χ2n) is 6.94. The number of rotatable bonds is 8. The van der Waals surface area contributed by atoms with E-state index in [-0.39, 0.29) is 54.3 Å². The summed E-state index contributed by atoms with van der Waals surface area (Å²) in [6.45, 7) is -0.367. The lowest BCUT2D eigenvalue weighted by Crippen LogP contribution is -2.35. The summed E-state index contributed by atoms with van der Waals surface area (Å²) in [5, 5.41) is 3.11. The first-order chi connectivity index (χ1) is 14.1. The van der Waals surface area contributed by atoms with Gasteiger partial charge in [0.2, 0.25) is 15.7 Å². The first-order valence-electron chi connectivity index (χ1n) is 9.17. The molecule has 0 radical (unpaired) electrons. The maximum atomic E-state index is 13.8. The Balaban J connectivity index is 1.98. The lowest BCUT2D eigenvalue weighted by molar-refractivity contribution is -0.420. The van der Waals surface area contributed by atoms with E-state index in [1.807, 2.05) is 0 Å². The van der Waals surface area contributed by atoms with Crippen molar-refractivity contribution in [1.29, 1.82) is 0 Å². The summed E-state index contributed by atoms with van der Waals surface area (Å²) in [6.07, 6.45) is -0.350. The lowest BCUT2D eigenvalue weighted by Gasteiger charge is -2.16. The van der Waals surface area contributed by atoms with Crippen LogP contribution in [0.15, 0.2) is 29.4 Å². The fourth-order valence-corrected chi connectivity index (χ4v) is 4.30. The second-order valence-corrected chi connectivity index (χ2v) is 9.37. The Kier molecular flexibility index (Phi) is 6.63. The summed E-state index contributed by atoms with van der Waals surface area (Å²) in [4.78, 5) is 8.08. The van der Waals surface area contributed by atoms with E-state index in [2.05, 4.69) is 15.3 Å². The van der Waals surface area contributed by atoms with Crippen LogP contribution in [0.4, 0.5) is 26.1 Å². The van der Waals surface area contributed by atoms with Crippen molar-refractivity contribution in [2.24, 2.45) is 0 Å². The number of halogens is 3. The van der Waals surface area contributed by atoms with Crippen molar-refractivity contribution in [3.63, 3.8) is 0 Å². The maximum Gasteiger partial charge on any atom is 0.356 e. The molecular weight excluding hydrogens is 440 g/mol. The number of anilines is 3. The third kappa shape index (κ3) is 5.08. The van der Waals surface area contributed by atoms with Crippen LogP contribution in [0.5, 0.6) is 0 Å². The van der Waals surface area contributed by atoms with Crippen LogP contribution in [0.3, 0.4) is 0 Å². The van der Waals surface area contributed by atoms with E-state index < -0.39 is 22.3 Å². The van der Waals surface area contributed by atoms with Crippen molar-refractivity contribution in [1.82, 2.24) is 4.98 Å². The second kappa shape index (κ2) is 8.86. The SMILES string of the molecule is COCCS(=O)(=O)c1nc(NCc2ccccc2Cl)c(N)c(N2CCC(F)(F)C2)[nH+]1. The minimum atomic E-state index is -3.86. The summed E-state index contributed by atoms with van der Waals surface area (Å²) in [7, 11) is -2.48. The predicted octanol–water partition coefficient (Wildman–Crippen LogP) is 2.01. The zero-order chi connectivity index (χ0) is 21.9. The number of alkyl halides is 2. The normalized spacial score (nSPS) is 16.1. The number of ether oxygens (including phenoxy) is 1. The zero-order valence-corrected chi connectivity index (χ0v) is 17.9. The van der Waals surface area contributed by atoms with Gasteiger partial charge < -0.3 is 15.8 Å². The van der Waals surface area contributed by atoms with Crippen LogP contribution in [-0.2, 0) is 21.1 Å². The van der Waals surface area contributed by atoms with Gasteiger partial charge in [0.05, 0.1) is 18.9 Å². The van der Waals surface area contributed by atoms with Crippen molar-refractivity contribution >= 4 is 38.8 Å². The number of benzene rings is 1. The Morgan fingerprint density at radius 2 is 2.13 bits per heavy atom. The number of nitrogens with one attached hydrogen (secondary N) is 2. The van der Waals surface area contributed by atoms with Gasteiger partial charge >= 0.3 is 5.16 Å². The third-order valence-corrected chi connectivity index (χ3v) is 6.55. The molecule has 0 bridgehead atoms. The smallest absolute Gasteiger partial charge is 0.356 e. The molecule has 0 saturated carbocycles. The summed E-state index contributed by atoms with van der Waals surface area (Å²) in [5.41, 5.74) is 6.96. The maximum absolute atomic E-state index is 13.8. The molecule has 2 heterocycles. The number of nitrogens with zero attached hydrogens (tertiary/aromatic N) is 2.